The van der Waals surface area contributed by atoms with Crippen LogP contribution < -0.4 is 11.3 Å². The summed E-state index contributed by atoms with van der Waals surface area (Å²) >= 11 is 0. The van der Waals surface area contributed by atoms with Gasteiger partial charge in [-0.25, -0.2) is 0 Å². The van der Waals surface area contributed by atoms with Gasteiger partial charge in [0.2, 0.25) is 0 Å². The molecule has 2 N–H and O–H groups in total. The average molecular weight is 270 g/mol. The number of nitrogens with zero attached hydrogens (tertiary/aromatic N) is 1. The Morgan fingerprint density at radius 3 is 2.25 bits per heavy atom. The number of hydrogen-bond acceptors (Lipinski definition) is 2. The van der Waals surface area contributed by atoms with Crippen LogP contribution in [-0.2, 0) is 6.54 Å². The second kappa shape index (κ2) is 6.06. The molecule has 0 fully saturated rings. The van der Waals surface area contributed by atoms with E-state index in [0.717, 1.165) is 5.56 Å². The van der Waals surface area contributed by atoms with Crippen LogP contribution in [0.25, 0.3) is 0 Å². The Kier molecular flexibility index (Phi) is 4.40. The topological polar surface area (TPSA) is 48.0 Å². The molecular weight excluding hydrogens is 248 g/mol. The van der Waals surface area contributed by atoms with E-state index in [1.54, 1.807) is 10.8 Å². The summed E-state index contributed by atoms with van der Waals surface area (Å²) in [6, 6.07) is 11.5. The number of aromatic nitrogens is 1. The van der Waals surface area contributed by atoms with E-state index in [-0.39, 0.29) is 11.6 Å². The van der Waals surface area contributed by atoms with Crippen molar-refractivity contribution in [1.29, 1.82) is 0 Å². The Morgan fingerprint density at radius 2 is 1.70 bits per heavy atom. The first-order chi connectivity index (χ1) is 9.54. The molecule has 0 radical (unpaired) electrons. The van der Waals surface area contributed by atoms with Gasteiger partial charge in [0.25, 0.3) is 5.56 Å². The van der Waals surface area contributed by atoms with E-state index < -0.39 is 0 Å². The molecule has 1 atom stereocenters. The predicted octanol–water partition coefficient (Wildman–Crippen LogP) is 3.04. The number of hydrogen-bond donors (Lipinski definition) is 1. The van der Waals surface area contributed by atoms with Gasteiger partial charge in [0.15, 0.2) is 0 Å². The first-order valence-electron chi connectivity index (χ1n) is 7.09. The van der Waals surface area contributed by atoms with Crippen LogP contribution in [0.3, 0.4) is 0 Å². The SMILES string of the molecule is CCn1cccc(C(N)c2ccc(C(C)C)cc2)c1=O. The van der Waals surface area contributed by atoms with Crippen LogP contribution in [0, 0.1) is 0 Å². The third-order valence-electron chi connectivity index (χ3n) is 3.69. The fourth-order valence-electron chi connectivity index (χ4n) is 2.31. The van der Waals surface area contributed by atoms with Gasteiger partial charge >= 0.3 is 0 Å². The van der Waals surface area contributed by atoms with Crippen molar-refractivity contribution in [2.45, 2.75) is 39.3 Å². The highest BCUT2D eigenvalue weighted by atomic mass is 16.1. The summed E-state index contributed by atoms with van der Waals surface area (Å²) in [4.78, 5) is 12.3. The molecule has 0 amide bonds. The molecule has 0 saturated heterocycles. The zero-order chi connectivity index (χ0) is 14.7. The molecule has 1 unspecified atom stereocenters. The Morgan fingerprint density at radius 1 is 1.10 bits per heavy atom. The van der Waals surface area contributed by atoms with Gasteiger partial charge in [-0.05, 0) is 30.0 Å². The maximum atomic E-state index is 12.3. The maximum Gasteiger partial charge on any atom is 0.255 e. The third kappa shape index (κ3) is 2.83. The fraction of sp³-hybridized carbons (Fsp3) is 0.353. The number of benzene rings is 1. The minimum atomic E-state index is -0.372. The van der Waals surface area contributed by atoms with Gasteiger partial charge in [-0.2, -0.15) is 0 Å². The fourth-order valence-corrected chi connectivity index (χ4v) is 2.31. The van der Waals surface area contributed by atoms with Gasteiger partial charge in [0, 0.05) is 18.3 Å². The van der Waals surface area contributed by atoms with E-state index in [0.29, 0.717) is 18.0 Å². The maximum absolute atomic E-state index is 12.3. The highest BCUT2D eigenvalue weighted by Crippen LogP contribution is 2.20. The Labute approximate surface area is 120 Å². The van der Waals surface area contributed by atoms with Crippen LogP contribution in [-0.4, -0.2) is 4.57 Å². The highest BCUT2D eigenvalue weighted by Gasteiger charge is 2.13. The minimum Gasteiger partial charge on any atom is -0.320 e. The molecule has 3 heteroatoms. The van der Waals surface area contributed by atoms with Crippen molar-refractivity contribution >= 4 is 0 Å². The van der Waals surface area contributed by atoms with Gasteiger partial charge in [0.05, 0.1) is 6.04 Å². The standard InChI is InChI=1S/C17H22N2O/c1-4-19-11-5-6-15(17(19)20)16(18)14-9-7-13(8-10-14)12(2)3/h5-12,16H,4,18H2,1-3H3. The summed E-state index contributed by atoms with van der Waals surface area (Å²) in [6.07, 6.45) is 1.79. The smallest absolute Gasteiger partial charge is 0.255 e. The molecule has 0 aliphatic heterocycles. The molecule has 0 saturated carbocycles. The van der Waals surface area contributed by atoms with Crippen molar-refractivity contribution in [3.8, 4) is 0 Å². The van der Waals surface area contributed by atoms with E-state index in [4.69, 9.17) is 5.73 Å². The predicted molar refractivity (Wildman–Crippen MR) is 82.9 cm³/mol. The molecule has 20 heavy (non-hydrogen) atoms. The Bertz CT molecular complexity index is 626. The van der Waals surface area contributed by atoms with Crippen LogP contribution >= 0.6 is 0 Å². The molecule has 2 rings (SSSR count). The van der Waals surface area contributed by atoms with E-state index >= 15 is 0 Å². The average Bonchev–Trinajstić information content (AvgIpc) is 2.47. The second-order valence-corrected chi connectivity index (χ2v) is 5.35. The van der Waals surface area contributed by atoms with Gasteiger partial charge < -0.3 is 10.3 Å². The largest absolute Gasteiger partial charge is 0.320 e. The van der Waals surface area contributed by atoms with Crippen molar-refractivity contribution in [2.75, 3.05) is 0 Å². The van der Waals surface area contributed by atoms with Gasteiger partial charge in [0.1, 0.15) is 0 Å². The molecule has 0 aliphatic rings. The van der Waals surface area contributed by atoms with Crippen LogP contribution in [0.1, 0.15) is 49.4 Å². The summed E-state index contributed by atoms with van der Waals surface area (Å²) in [5.74, 6) is 0.495. The lowest BCUT2D eigenvalue weighted by Gasteiger charge is -2.14. The van der Waals surface area contributed by atoms with E-state index in [2.05, 4.69) is 26.0 Å². The number of rotatable bonds is 4. The first-order valence-corrected chi connectivity index (χ1v) is 7.09. The van der Waals surface area contributed by atoms with E-state index in [9.17, 15) is 4.79 Å². The van der Waals surface area contributed by atoms with Crippen LogP contribution in [0.5, 0.6) is 0 Å². The molecule has 2 aromatic rings. The molecule has 1 aromatic carbocycles. The van der Waals surface area contributed by atoms with Crippen LogP contribution in [0.15, 0.2) is 47.4 Å². The summed E-state index contributed by atoms with van der Waals surface area (Å²) in [5, 5.41) is 0. The normalized spacial score (nSPS) is 12.7. The lowest BCUT2D eigenvalue weighted by atomic mass is 9.96. The number of nitrogens with two attached hydrogens (primary N) is 1. The Hall–Kier alpha value is -1.87. The van der Waals surface area contributed by atoms with Gasteiger partial charge in [-0.15, -0.1) is 0 Å². The van der Waals surface area contributed by atoms with Crippen molar-refractivity contribution in [2.24, 2.45) is 5.73 Å². The molecular formula is C17H22N2O. The van der Waals surface area contributed by atoms with Crippen molar-refractivity contribution in [3.63, 3.8) is 0 Å². The molecule has 1 heterocycles. The summed E-state index contributed by atoms with van der Waals surface area (Å²) in [5.41, 5.74) is 9.14. The number of pyridine rings is 1. The minimum absolute atomic E-state index is 0.00423. The molecule has 106 valence electrons. The van der Waals surface area contributed by atoms with E-state index in [1.165, 1.54) is 5.56 Å². The second-order valence-electron chi connectivity index (χ2n) is 5.35. The zero-order valence-corrected chi connectivity index (χ0v) is 12.3. The lowest BCUT2D eigenvalue weighted by Crippen LogP contribution is -2.27. The quantitative estimate of drug-likeness (QED) is 0.928. The summed E-state index contributed by atoms with van der Waals surface area (Å²) < 4.78 is 1.68. The molecule has 0 bridgehead atoms. The molecule has 0 spiro atoms. The Balaban J connectivity index is 2.36. The molecule has 0 aliphatic carbocycles. The molecule has 3 nitrogen and oxygen atoms in total. The lowest BCUT2D eigenvalue weighted by molar-refractivity contribution is 0.701. The van der Waals surface area contributed by atoms with Crippen LogP contribution in [0.2, 0.25) is 0 Å². The van der Waals surface area contributed by atoms with Crippen molar-refractivity contribution in [3.05, 3.63) is 69.6 Å². The summed E-state index contributed by atoms with van der Waals surface area (Å²) in [7, 11) is 0. The van der Waals surface area contributed by atoms with Crippen LogP contribution in [0.4, 0.5) is 0 Å². The van der Waals surface area contributed by atoms with Crippen molar-refractivity contribution < 1.29 is 0 Å². The third-order valence-corrected chi connectivity index (χ3v) is 3.69. The van der Waals surface area contributed by atoms with Crippen molar-refractivity contribution in [1.82, 2.24) is 4.57 Å². The summed E-state index contributed by atoms with van der Waals surface area (Å²) in [6.45, 7) is 6.93. The van der Waals surface area contributed by atoms with E-state index in [1.807, 2.05) is 31.2 Å². The van der Waals surface area contributed by atoms with Gasteiger partial charge in [-0.1, -0.05) is 44.2 Å². The number of aryl methyl sites for hydroxylation is 1. The first kappa shape index (κ1) is 14.5. The monoisotopic (exact) mass is 270 g/mol. The molecule has 1 aromatic heterocycles. The zero-order valence-electron chi connectivity index (χ0n) is 12.3. The van der Waals surface area contributed by atoms with Gasteiger partial charge in [-0.3, -0.25) is 4.79 Å². The highest BCUT2D eigenvalue weighted by molar-refractivity contribution is 5.32.